The molecule has 0 radical (unpaired) electrons. The number of carbonyl (C=O) groups is 2. The largest absolute Gasteiger partial charge is 0.493 e. The first kappa shape index (κ1) is 28.9. The van der Waals surface area contributed by atoms with Crippen LogP contribution in [0.2, 0.25) is 5.02 Å². The van der Waals surface area contributed by atoms with E-state index in [1.165, 1.54) is 57.7 Å². The van der Waals surface area contributed by atoms with Gasteiger partial charge in [-0.1, -0.05) is 35.4 Å². The highest BCUT2D eigenvalue weighted by molar-refractivity contribution is 7.89. The fraction of sp³-hybridized carbons (Fsp3) is 0.231. The Kier molecular flexibility index (Phi) is 9.31. The second-order valence-corrected chi connectivity index (χ2v) is 10.4. The molecule has 1 N–H and O–H groups in total. The van der Waals surface area contributed by atoms with Crippen molar-refractivity contribution < 1.29 is 36.6 Å². The number of nitrogens with one attached hydrogen (secondary N) is 1. The maximum atomic E-state index is 14.6. The van der Waals surface area contributed by atoms with Gasteiger partial charge in [-0.2, -0.15) is 4.31 Å². The van der Waals surface area contributed by atoms with Gasteiger partial charge in [-0.25, -0.2) is 17.6 Å². The van der Waals surface area contributed by atoms with E-state index in [-0.39, 0.29) is 38.2 Å². The summed E-state index contributed by atoms with van der Waals surface area (Å²) in [6.45, 7) is 0.545. The molecule has 0 saturated carbocycles. The van der Waals surface area contributed by atoms with Crippen LogP contribution in [0, 0.1) is 12.7 Å². The Hall–Kier alpha value is -3.67. The highest BCUT2D eigenvalue weighted by atomic mass is 35.5. The summed E-state index contributed by atoms with van der Waals surface area (Å²) < 4.78 is 57.7. The first-order valence-electron chi connectivity index (χ1n) is 11.2. The second-order valence-electron chi connectivity index (χ2n) is 8.08. The molecule has 0 aliphatic carbocycles. The summed E-state index contributed by atoms with van der Waals surface area (Å²) in [5.74, 6) is -1.90. The van der Waals surface area contributed by atoms with Crippen LogP contribution in [-0.4, -0.2) is 52.5 Å². The normalized spacial score (nSPS) is 11.2. The molecule has 0 spiro atoms. The molecule has 0 aromatic heterocycles. The third-order valence-corrected chi connectivity index (χ3v) is 7.74. The van der Waals surface area contributed by atoms with Gasteiger partial charge in [0.15, 0.2) is 11.5 Å². The third-order valence-electron chi connectivity index (χ3n) is 5.58. The molecule has 0 fully saturated rings. The van der Waals surface area contributed by atoms with Gasteiger partial charge in [-0.15, -0.1) is 0 Å². The summed E-state index contributed by atoms with van der Waals surface area (Å²) in [7, 11) is -0.371. The predicted octanol–water partition coefficient (Wildman–Crippen LogP) is 4.42. The lowest BCUT2D eigenvalue weighted by Gasteiger charge is -2.23. The molecule has 0 unspecified atom stereocenters. The number of hydrogen-bond donors (Lipinski definition) is 1. The number of halogens is 2. The Labute approximate surface area is 225 Å². The summed E-state index contributed by atoms with van der Waals surface area (Å²) >= 11 is 6.15. The second kappa shape index (κ2) is 12.2. The summed E-state index contributed by atoms with van der Waals surface area (Å²) in [4.78, 5) is 25.4. The number of sulfonamides is 1. The first-order valence-corrected chi connectivity index (χ1v) is 13.0. The molecular weight excluding hydrogens is 539 g/mol. The quantitative estimate of drug-likeness (QED) is 0.363. The van der Waals surface area contributed by atoms with Gasteiger partial charge in [0.2, 0.25) is 15.9 Å². The van der Waals surface area contributed by atoms with Crippen molar-refractivity contribution in [1.82, 2.24) is 4.31 Å². The van der Waals surface area contributed by atoms with E-state index in [1.807, 2.05) is 0 Å². The Morgan fingerprint density at radius 2 is 1.63 bits per heavy atom. The van der Waals surface area contributed by atoms with Crippen molar-refractivity contribution >= 4 is 39.2 Å². The lowest BCUT2D eigenvalue weighted by Crippen LogP contribution is -2.38. The highest BCUT2D eigenvalue weighted by Crippen LogP contribution is 2.34. The molecule has 0 atom stereocenters. The monoisotopic (exact) mass is 564 g/mol. The molecule has 3 rings (SSSR count). The van der Waals surface area contributed by atoms with E-state index in [9.17, 15) is 22.4 Å². The van der Waals surface area contributed by atoms with E-state index >= 15 is 0 Å². The lowest BCUT2D eigenvalue weighted by atomic mass is 10.1. The van der Waals surface area contributed by atoms with E-state index in [4.69, 9.17) is 25.8 Å². The number of hydrogen-bond acceptors (Lipinski definition) is 7. The first-order chi connectivity index (χ1) is 18.0. The molecule has 3 aromatic carbocycles. The van der Waals surface area contributed by atoms with Crippen molar-refractivity contribution in [3.63, 3.8) is 0 Å². The number of benzene rings is 3. The molecule has 12 heteroatoms. The maximum absolute atomic E-state index is 14.6. The van der Waals surface area contributed by atoms with Gasteiger partial charge >= 0.3 is 5.97 Å². The predicted molar refractivity (Wildman–Crippen MR) is 140 cm³/mol. The van der Waals surface area contributed by atoms with Crippen molar-refractivity contribution in [2.45, 2.75) is 18.4 Å². The Bertz CT molecular complexity index is 1430. The Morgan fingerprint density at radius 3 is 2.21 bits per heavy atom. The molecule has 38 heavy (non-hydrogen) atoms. The lowest BCUT2D eigenvalue weighted by molar-refractivity contribution is -0.116. The van der Waals surface area contributed by atoms with Gasteiger partial charge in [-0.05, 0) is 31.2 Å². The number of anilines is 1. The standard InChI is InChI=1S/C26H26ClFN2O7S/c1-16-8-10-17(11-9-16)38(33,34)30(14-19-20(27)6-5-7-21(19)28)15-25(31)29-22-13-24(36-3)23(35-2)12-18(22)26(32)37-4/h5-13H,14-15H2,1-4H3,(H,29,31). The van der Waals surface area contributed by atoms with Gasteiger partial charge in [0.05, 0.1) is 44.0 Å². The van der Waals surface area contributed by atoms with Gasteiger partial charge < -0.3 is 19.5 Å². The van der Waals surface area contributed by atoms with E-state index in [2.05, 4.69) is 5.32 Å². The SMILES string of the molecule is COC(=O)c1cc(OC)c(OC)cc1NC(=O)CN(Cc1c(F)cccc1Cl)S(=O)(=O)c1ccc(C)cc1. The molecule has 0 aliphatic heterocycles. The molecule has 202 valence electrons. The van der Waals surface area contributed by atoms with Gasteiger partial charge in [0.1, 0.15) is 5.82 Å². The van der Waals surface area contributed by atoms with Crippen LogP contribution in [0.3, 0.4) is 0 Å². The zero-order valence-electron chi connectivity index (χ0n) is 21.1. The minimum atomic E-state index is -4.28. The summed E-state index contributed by atoms with van der Waals surface area (Å²) in [5.41, 5.74) is 0.674. The summed E-state index contributed by atoms with van der Waals surface area (Å²) in [6.07, 6.45) is 0. The molecule has 0 aliphatic rings. The van der Waals surface area contributed by atoms with Crippen LogP contribution in [0.4, 0.5) is 10.1 Å². The maximum Gasteiger partial charge on any atom is 0.340 e. The molecule has 9 nitrogen and oxygen atoms in total. The minimum absolute atomic E-state index is 0.00221. The van der Waals surface area contributed by atoms with E-state index in [0.717, 1.165) is 15.9 Å². The molecular formula is C26H26ClFN2O7S. The topological polar surface area (TPSA) is 111 Å². The summed E-state index contributed by atoms with van der Waals surface area (Å²) in [5, 5.41) is 2.52. The van der Waals surface area contributed by atoms with E-state index in [0.29, 0.717) is 0 Å². The van der Waals surface area contributed by atoms with Crippen LogP contribution in [0.5, 0.6) is 11.5 Å². The number of amides is 1. The van der Waals surface area contributed by atoms with Gasteiger partial charge in [0.25, 0.3) is 0 Å². The van der Waals surface area contributed by atoms with Crippen LogP contribution in [0.25, 0.3) is 0 Å². The van der Waals surface area contributed by atoms with Crippen LogP contribution in [0.1, 0.15) is 21.5 Å². The minimum Gasteiger partial charge on any atom is -0.493 e. The Balaban J connectivity index is 2.01. The van der Waals surface area contributed by atoms with Crippen molar-refractivity contribution in [3.05, 3.63) is 82.1 Å². The molecule has 0 saturated heterocycles. The number of aryl methyl sites for hydroxylation is 1. The average Bonchev–Trinajstić information content (AvgIpc) is 2.89. The summed E-state index contributed by atoms with van der Waals surface area (Å²) in [6, 6.07) is 12.6. The number of nitrogens with zero attached hydrogens (tertiary/aromatic N) is 1. The smallest absolute Gasteiger partial charge is 0.340 e. The van der Waals surface area contributed by atoms with Crippen LogP contribution in [0.15, 0.2) is 59.5 Å². The molecule has 0 bridgehead atoms. The molecule has 0 heterocycles. The number of ether oxygens (including phenoxy) is 3. The van der Waals surface area contributed by atoms with Crippen molar-refractivity contribution in [1.29, 1.82) is 0 Å². The Morgan fingerprint density at radius 1 is 1.00 bits per heavy atom. The van der Waals surface area contributed by atoms with E-state index < -0.39 is 40.8 Å². The number of esters is 1. The third kappa shape index (κ3) is 6.42. The molecule has 1 amide bonds. The fourth-order valence-electron chi connectivity index (χ4n) is 3.56. The van der Waals surface area contributed by atoms with Crippen molar-refractivity contribution in [2.75, 3.05) is 33.2 Å². The molecule has 3 aromatic rings. The number of rotatable bonds is 10. The van der Waals surface area contributed by atoms with Crippen LogP contribution >= 0.6 is 11.6 Å². The fourth-order valence-corrected chi connectivity index (χ4v) is 5.14. The van der Waals surface area contributed by atoms with E-state index in [1.54, 1.807) is 19.1 Å². The van der Waals surface area contributed by atoms with Crippen LogP contribution < -0.4 is 14.8 Å². The number of methoxy groups -OCH3 is 3. The number of carbonyl (C=O) groups excluding carboxylic acids is 2. The van der Waals surface area contributed by atoms with Crippen molar-refractivity contribution in [3.8, 4) is 11.5 Å². The van der Waals surface area contributed by atoms with Crippen molar-refractivity contribution in [2.24, 2.45) is 0 Å². The highest BCUT2D eigenvalue weighted by Gasteiger charge is 2.29. The zero-order valence-corrected chi connectivity index (χ0v) is 22.7. The van der Waals surface area contributed by atoms with Gasteiger partial charge in [0, 0.05) is 29.3 Å². The van der Waals surface area contributed by atoms with Gasteiger partial charge in [-0.3, -0.25) is 4.79 Å². The van der Waals surface area contributed by atoms with Crippen LogP contribution in [-0.2, 0) is 26.1 Å². The average molecular weight is 565 g/mol. The zero-order chi connectivity index (χ0) is 28.0.